The van der Waals surface area contributed by atoms with Gasteiger partial charge in [-0.1, -0.05) is 18.2 Å². The zero-order valence-corrected chi connectivity index (χ0v) is 13.7. The van der Waals surface area contributed by atoms with Gasteiger partial charge in [0.2, 0.25) is 0 Å². The average Bonchev–Trinajstić information content (AvgIpc) is 2.64. The highest BCUT2D eigenvalue weighted by molar-refractivity contribution is 5.96. The Hall–Kier alpha value is -2.58. The molecule has 3 N–H and O–H groups in total. The van der Waals surface area contributed by atoms with E-state index in [-0.39, 0.29) is 0 Å². The molecule has 0 saturated carbocycles. The summed E-state index contributed by atoms with van der Waals surface area (Å²) in [5.74, 6) is 1.31. The minimum Gasteiger partial charge on any atom is -0.391 e. The van der Waals surface area contributed by atoms with Crippen LogP contribution in [0.4, 0.5) is 5.69 Å². The Morgan fingerprint density at radius 1 is 1.39 bits per heavy atom. The van der Waals surface area contributed by atoms with Crippen molar-refractivity contribution in [3.05, 3.63) is 53.9 Å². The number of nitriles is 1. The molecule has 0 amide bonds. The molecular weight excluding hydrogens is 288 g/mol. The lowest BCUT2D eigenvalue weighted by molar-refractivity contribution is 0.204. The van der Waals surface area contributed by atoms with Crippen LogP contribution in [-0.4, -0.2) is 23.6 Å². The number of nitrogens with one attached hydrogen (secondary N) is 2. The molecule has 2 rings (SSSR count). The number of anilines is 1. The second-order valence-corrected chi connectivity index (χ2v) is 5.89. The molecule has 1 aliphatic rings. The van der Waals surface area contributed by atoms with Crippen molar-refractivity contribution in [1.82, 2.24) is 5.32 Å². The summed E-state index contributed by atoms with van der Waals surface area (Å²) >= 11 is 0. The van der Waals surface area contributed by atoms with Crippen LogP contribution in [0.5, 0.6) is 0 Å². The molecule has 1 aromatic rings. The molecule has 2 atom stereocenters. The Bertz CT molecular complexity index is 683. The number of nitrogens with zero attached hydrogens (tertiary/aromatic N) is 2. The van der Waals surface area contributed by atoms with Crippen LogP contribution in [0.1, 0.15) is 20.8 Å². The maximum Gasteiger partial charge on any atom is 0.126 e. The number of benzene rings is 1. The molecule has 5 nitrogen and oxygen atoms in total. The second kappa shape index (κ2) is 7.12. The first kappa shape index (κ1) is 16.8. The van der Waals surface area contributed by atoms with Crippen LogP contribution in [0, 0.1) is 16.7 Å². The normalized spacial score (nSPS) is 23.9. The van der Waals surface area contributed by atoms with E-state index in [0.29, 0.717) is 18.2 Å². The lowest BCUT2D eigenvalue weighted by Crippen LogP contribution is -2.26. The molecule has 0 radical (unpaired) electrons. The Morgan fingerprint density at radius 2 is 2.09 bits per heavy atom. The Morgan fingerprint density at radius 3 is 2.70 bits per heavy atom. The summed E-state index contributed by atoms with van der Waals surface area (Å²) in [5.41, 5.74) is 1.08. The first-order chi connectivity index (χ1) is 10.9. The van der Waals surface area contributed by atoms with E-state index in [4.69, 9.17) is 0 Å². The number of hydrogen-bond donors (Lipinski definition) is 3. The van der Waals surface area contributed by atoms with Crippen LogP contribution < -0.4 is 10.6 Å². The van der Waals surface area contributed by atoms with Crippen molar-refractivity contribution >= 4 is 11.5 Å². The summed E-state index contributed by atoms with van der Waals surface area (Å²) in [6.45, 7) is 5.76. The number of aliphatic imine (C=N–C) groups is 1. The van der Waals surface area contributed by atoms with E-state index < -0.39 is 11.5 Å². The minimum absolute atomic E-state index is 0.300. The number of allylic oxidation sites excluding steroid dienone is 2. The third kappa shape index (κ3) is 4.44. The maximum absolute atomic E-state index is 9.56. The van der Waals surface area contributed by atoms with Gasteiger partial charge in [-0.25, -0.2) is 0 Å². The quantitative estimate of drug-likeness (QED) is 0.799. The molecule has 0 aromatic heterocycles. The molecule has 0 fully saturated rings. The van der Waals surface area contributed by atoms with Gasteiger partial charge >= 0.3 is 0 Å². The van der Waals surface area contributed by atoms with Crippen LogP contribution in [0.15, 0.2) is 58.9 Å². The SMILES string of the molecule is CC1=CC(=NCC(C)O)NC(Nc2ccccc2)=CC1(C)C#N. The number of aliphatic hydroxyl groups is 1. The predicted molar refractivity (Wildman–Crippen MR) is 92.7 cm³/mol. The van der Waals surface area contributed by atoms with Crippen LogP contribution in [-0.2, 0) is 0 Å². The zero-order valence-electron chi connectivity index (χ0n) is 13.7. The number of para-hydroxylation sites is 1. The van der Waals surface area contributed by atoms with Crippen molar-refractivity contribution in [2.24, 2.45) is 10.4 Å². The Kier molecular flexibility index (Phi) is 5.20. The molecule has 0 spiro atoms. The number of amidine groups is 1. The second-order valence-electron chi connectivity index (χ2n) is 5.89. The van der Waals surface area contributed by atoms with Crippen LogP contribution in [0.25, 0.3) is 0 Å². The molecule has 1 heterocycles. The fourth-order valence-electron chi connectivity index (χ4n) is 2.15. The molecule has 23 heavy (non-hydrogen) atoms. The molecular formula is C18H22N4O. The first-order valence-corrected chi connectivity index (χ1v) is 7.57. The van der Waals surface area contributed by atoms with Gasteiger partial charge in [0, 0.05) is 5.69 Å². The van der Waals surface area contributed by atoms with Gasteiger partial charge in [-0.2, -0.15) is 5.26 Å². The van der Waals surface area contributed by atoms with E-state index in [0.717, 1.165) is 11.3 Å². The average molecular weight is 310 g/mol. The van der Waals surface area contributed by atoms with Gasteiger partial charge < -0.3 is 15.7 Å². The summed E-state index contributed by atoms with van der Waals surface area (Å²) in [4.78, 5) is 4.37. The number of hydrogen-bond acceptors (Lipinski definition) is 4. The lowest BCUT2D eigenvalue weighted by atomic mass is 9.84. The Balaban J connectivity index is 2.35. The van der Waals surface area contributed by atoms with Crippen molar-refractivity contribution in [3.63, 3.8) is 0 Å². The van der Waals surface area contributed by atoms with Gasteiger partial charge in [0.25, 0.3) is 0 Å². The van der Waals surface area contributed by atoms with Gasteiger partial charge in [-0.05, 0) is 50.6 Å². The van der Waals surface area contributed by atoms with Crippen molar-refractivity contribution in [2.75, 3.05) is 11.9 Å². The predicted octanol–water partition coefficient (Wildman–Crippen LogP) is 2.80. The van der Waals surface area contributed by atoms with E-state index in [1.807, 2.05) is 56.3 Å². The van der Waals surface area contributed by atoms with Crippen LogP contribution in [0.2, 0.25) is 0 Å². The fourth-order valence-corrected chi connectivity index (χ4v) is 2.15. The molecule has 5 heteroatoms. The zero-order chi connectivity index (χ0) is 16.9. The highest BCUT2D eigenvalue weighted by Crippen LogP contribution is 2.30. The van der Waals surface area contributed by atoms with Crippen LogP contribution >= 0.6 is 0 Å². The fraction of sp³-hybridized carbons (Fsp3) is 0.333. The molecule has 0 bridgehead atoms. The van der Waals surface area contributed by atoms with E-state index in [1.165, 1.54) is 0 Å². The Labute approximate surface area is 137 Å². The maximum atomic E-state index is 9.56. The van der Waals surface area contributed by atoms with Gasteiger partial charge in [0.15, 0.2) is 0 Å². The third-order valence-corrected chi connectivity index (χ3v) is 3.68. The van der Waals surface area contributed by atoms with Gasteiger partial charge in [-0.15, -0.1) is 0 Å². The summed E-state index contributed by atoms with van der Waals surface area (Å²) < 4.78 is 0. The monoisotopic (exact) mass is 310 g/mol. The standard InChI is InChI=1S/C18H22N4O/c1-13-9-16(20-11-14(2)23)22-17(10-18(13,3)12-19)21-15-7-5-4-6-8-15/h4-10,14,21,23H,11H2,1-3H3,(H,20,22). The van der Waals surface area contributed by atoms with E-state index in [2.05, 4.69) is 21.7 Å². The molecule has 2 unspecified atom stereocenters. The van der Waals surface area contributed by atoms with Gasteiger partial charge in [0.05, 0.1) is 24.1 Å². The van der Waals surface area contributed by atoms with Gasteiger partial charge in [-0.3, -0.25) is 4.99 Å². The van der Waals surface area contributed by atoms with E-state index in [1.54, 1.807) is 6.92 Å². The first-order valence-electron chi connectivity index (χ1n) is 7.57. The van der Waals surface area contributed by atoms with E-state index in [9.17, 15) is 10.4 Å². The molecule has 0 saturated heterocycles. The summed E-state index contributed by atoms with van der Waals surface area (Å²) in [6.07, 6.45) is 3.19. The lowest BCUT2D eigenvalue weighted by Gasteiger charge is -2.18. The van der Waals surface area contributed by atoms with Crippen molar-refractivity contribution in [2.45, 2.75) is 26.9 Å². The largest absolute Gasteiger partial charge is 0.391 e. The number of rotatable bonds is 4. The third-order valence-electron chi connectivity index (χ3n) is 3.68. The highest BCUT2D eigenvalue weighted by atomic mass is 16.3. The molecule has 1 aliphatic heterocycles. The summed E-state index contributed by atoms with van der Waals surface area (Å²) in [6, 6.07) is 12.1. The van der Waals surface area contributed by atoms with Crippen molar-refractivity contribution < 1.29 is 5.11 Å². The molecule has 120 valence electrons. The van der Waals surface area contributed by atoms with Gasteiger partial charge in [0.1, 0.15) is 11.7 Å². The smallest absolute Gasteiger partial charge is 0.126 e. The summed E-state index contributed by atoms with van der Waals surface area (Å²) in [5, 5.41) is 25.5. The topological polar surface area (TPSA) is 80.4 Å². The van der Waals surface area contributed by atoms with Crippen molar-refractivity contribution in [3.8, 4) is 6.07 Å². The number of aliphatic hydroxyl groups excluding tert-OH is 1. The van der Waals surface area contributed by atoms with E-state index >= 15 is 0 Å². The highest BCUT2D eigenvalue weighted by Gasteiger charge is 2.27. The molecule has 1 aromatic carbocycles. The van der Waals surface area contributed by atoms with Crippen LogP contribution in [0.3, 0.4) is 0 Å². The van der Waals surface area contributed by atoms with Crippen molar-refractivity contribution in [1.29, 1.82) is 5.26 Å². The molecule has 0 aliphatic carbocycles. The minimum atomic E-state index is -0.730. The summed E-state index contributed by atoms with van der Waals surface area (Å²) in [7, 11) is 0.